The van der Waals surface area contributed by atoms with Crippen LogP contribution in [0.4, 0.5) is 4.39 Å². The zero-order valence-electron chi connectivity index (χ0n) is 14.8. The van der Waals surface area contributed by atoms with Crippen LogP contribution in [0.15, 0.2) is 53.1 Å². The van der Waals surface area contributed by atoms with Crippen molar-refractivity contribution in [2.75, 3.05) is 0 Å². The highest BCUT2D eigenvalue weighted by Crippen LogP contribution is 2.24. The molecule has 0 atom stereocenters. The first-order valence-corrected chi connectivity index (χ1v) is 8.77. The fourth-order valence-electron chi connectivity index (χ4n) is 2.86. The largest absolute Gasteiger partial charge is 0.334 e. The molecule has 0 bridgehead atoms. The van der Waals surface area contributed by atoms with Crippen molar-refractivity contribution >= 4 is 11.6 Å². The van der Waals surface area contributed by atoms with Gasteiger partial charge in [-0.2, -0.15) is 10.1 Å². The van der Waals surface area contributed by atoms with E-state index in [1.807, 2.05) is 42.8 Å². The Kier molecular flexibility index (Phi) is 4.49. The molecule has 136 valence electrons. The SMILES string of the molecule is Cc1nn(Cc2cccc(-c3nc(-c4ccc(F)cc4)no3)c2)c(C)c1Cl. The first-order valence-electron chi connectivity index (χ1n) is 8.40. The Morgan fingerprint density at radius 2 is 1.85 bits per heavy atom. The third-order valence-corrected chi connectivity index (χ3v) is 4.87. The summed E-state index contributed by atoms with van der Waals surface area (Å²) in [5, 5.41) is 9.14. The number of aryl methyl sites for hydroxylation is 1. The third kappa shape index (κ3) is 3.48. The van der Waals surface area contributed by atoms with Gasteiger partial charge in [0.15, 0.2) is 0 Å². The van der Waals surface area contributed by atoms with Gasteiger partial charge in [0.25, 0.3) is 5.89 Å². The van der Waals surface area contributed by atoms with E-state index < -0.39 is 0 Å². The molecule has 4 aromatic rings. The third-order valence-electron chi connectivity index (χ3n) is 4.33. The lowest BCUT2D eigenvalue weighted by molar-refractivity contribution is 0.432. The topological polar surface area (TPSA) is 56.7 Å². The zero-order chi connectivity index (χ0) is 19.0. The van der Waals surface area contributed by atoms with Crippen LogP contribution >= 0.6 is 11.6 Å². The van der Waals surface area contributed by atoms with Crippen LogP contribution in [-0.2, 0) is 6.54 Å². The quantitative estimate of drug-likeness (QED) is 0.495. The van der Waals surface area contributed by atoms with Crippen molar-refractivity contribution in [2.24, 2.45) is 0 Å². The van der Waals surface area contributed by atoms with Gasteiger partial charge in [-0.3, -0.25) is 4.68 Å². The molecule has 0 amide bonds. The molecule has 2 aromatic carbocycles. The molecule has 0 saturated heterocycles. The van der Waals surface area contributed by atoms with Crippen molar-refractivity contribution in [2.45, 2.75) is 20.4 Å². The lowest BCUT2D eigenvalue weighted by Crippen LogP contribution is -2.04. The number of aromatic nitrogens is 4. The van der Waals surface area contributed by atoms with Gasteiger partial charge >= 0.3 is 0 Å². The van der Waals surface area contributed by atoms with Gasteiger partial charge in [0.05, 0.1) is 23.0 Å². The molecule has 0 aliphatic carbocycles. The molecular weight excluding hydrogens is 367 g/mol. The number of rotatable bonds is 4. The second kappa shape index (κ2) is 6.96. The smallest absolute Gasteiger partial charge is 0.258 e. The maximum absolute atomic E-state index is 13.1. The van der Waals surface area contributed by atoms with Gasteiger partial charge in [-0.05, 0) is 55.8 Å². The Labute approximate surface area is 160 Å². The van der Waals surface area contributed by atoms with E-state index in [9.17, 15) is 4.39 Å². The number of benzene rings is 2. The summed E-state index contributed by atoms with van der Waals surface area (Å²) in [7, 11) is 0. The van der Waals surface area contributed by atoms with E-state index in [2.05, 4.69) is 15.2 Å². The molecule has 4 rings (SSSR count). The molecule has 0 N–H and O–H groups in total. The van der Waals surface area contributed by atoms with Crippen LogP contribution in [0.3, 0.4) is 0 Å². The van der Waals surface area contributed by atoms with Crippen molar-refractivity contribution in [3.63, 3.8) is 0 Å². The summed E-state index contributed by atoms with van der Waals surface area (Å²) in [5.74, 6) is 0.516. The molecule has 0 aliphatic rings. The Morgan fingerprint density at radius 3 is 2.56 bits per heavy atom. The standard InChI is InChI=1S/C20H16ClFN4O/c1-12-18(21)13(2)26(24-12)11-14-4-3-5-16(10-14)20-23-19(25-27-20)15-6-8-17(22)9-7-15/h3-10H,11H2,1-2H3. The summed E-state index contributed by atoms with van der Waals surface area (Å²) in [6, 6.07) is 13.8. The Hall–Kier alpha value is -2.99. The van der Waals surface area contributed by atoms with Crippen LogP contribution in [0, 0.1) is 19.7 Å². The number of hydrogen-bond donors (Lipinski definition) is 0. The van der Waals surface area contributed by atoms with Crippen molar-refractivity contribution < 1.29 is 8.91 Å². The van der Waals surface area contributed by atoms with Crippen molar-refractivity contribution in [3.05, 3.63) is 76.3 Å². The molecule has 27 heavy (non-hydrogen) atoms. The first-order chi connectivity index (χ1) is 13.0. The van der Waals surface area contributed by atoms with E-state index in [-0.39, 0.29) is 5.82 Å². The number of nitrogens with zero attached hydrogens (tertiary/aromatic N) is 4. The highest BCUT2D eigenvalue weighted by atomic mass is 35.5. The molecule has 2 heterocycles. The van der Waals surface area contributed by atoms with Gasteiger partial charge < -0.3 is 4.52 Å². The molecular formula is C20H16ClFN4O. The maximum atomic E-state index is 13.1. The van der Waals surface area contributed by atoms with E-state index in [1.54, 1.807) is 12.1 Å². The van der Waals surface area contributed by atoms with E-state index in [4.69, 9.17) is 16.1 Å². The summed E-state index contributed by atoms with van der Waals surface area (Å²) in [4.78, 5) is 4.42. The summed E-state index contributed by atoms with van der Waals surface area (Å²) in [6.45, 7) is 4.42. The summed E-state index contributed by atoms with van der Waals surface area (Å²) in [6.07, 6.45) is 0. The lowest BCUT2D eigenvalue weighted by atomic mass is 10.1. The molecule has 0 saturated carbocycles. The monoisotopic (exact) mass is 382 g/mol. The van der Waals surface area contributed by atoms with Crippen LogP contribution in [0.5, 0.6) is 0 Å². The van der Waals surface area contributed by atoms with Gasteiger partial charge in [-0.1, -0.05) is 28.9 Å². The van der Waals surface area contributed by atoms with Gasteiger partial charge in [-0.15, -0.1) is 0 Å². The zero-order valence-corrected chi connectivity index (χ0v) is 15.5. The molecule has 5 nitrogen and oxygen atoms in total. The van der Waals surface area contributed by atoms with E-state index in [0.717, 1.165) is 22.5 Å². The Morgan fingerprint density at radius 1 is 1.07 bits per heavy atom. The van der Waals surface area contributed by atoms with Gasteiger partial charge in [-0.25, -0.2) is 4.39 Å². The number of hydrogen-bond acceptors (Lipinski definition) is 4. The minimum atomic E-state index is -0.306. The minimum absolute atomic E-state index is 0.306. The first kappa shape index (κ1) is 17.4. The maximum Gasteiger partial charge on any atom is 0.258 e. The molecule has 7 heteroatoms. The fourth-order valence-corrected chi connectivity index (χ4v) is 3.00. The van der Waals surface area contributed by atoms with Crippen molar-refractivity contribution in [1.29, 1.82) is 0 Å². The summed E-state index contributed by atoms with van der Waals surface area (Å²) in [5.41, 5.74) is 4.28. The molecule has 2 aromatic heterocycles. The van der Waals surface area contributed by atoms with Crippen LogP contribution < -0.4 is 0 Å². The summed E-state index contributed by atoms with van der Waals surface area (Å²) >= 11 is 6.22. The Bertz CT molecular complexity index is 1100. The average molecular weight is 383 g/mol. The highest BCUT2D eigenvalue weighted by molar-refractivity contribution is 6.31. The molecule has 0 aliphatic heterocycles. The lowest BCUT2D eigenvalue weighted by Gasteiger charge is -2.05. The van der Waals surface area contributed by atoms with Crippen LogP contribution in [0.1, 0.15) is 17.0 Å². The summed E-state index contributed by atoms with van der Waals surface area (Å²) < 4.78 is 20.3. The molecule has 0 spiro atoms. The molecule has 0 radical (unpaired) electrons. The van der Waals surface area contributed by atoms with Gasteiger partial charge in [0.2, 0.25) is 5.82 Å². The van der Waals surface area contributed by atoms with Crippen LogP contribution in [-0.4, -0.2) is 19.9 Å². The average Bonchev–Trinajstić information content (AvgIpc) is 3.25. The second-order valence-corrected chi connectivity index (χ2v) is 6.65. The fraction of sp³-hybridized carbons (Fsp3) is 0.150. The van der Waals surface area contributed by atoms with Gasteiger partial charge in [0, 0.05) is 11.1 Å². The predicted octanol–water partition coefficient (Wildman–Crippen LogP) is 5.06. The van der Waals surface area contributed by atoms with Crippen molar-refractivity contribution in [3.8, 4) is 22.8 Å². The Balaban J connectivity index is 1.61. The predicted molar refractivity (Wildman–Crippen MR) is 101 cm³/mol. The van der Waals surface area contributed by atoms with E-state index in [0.29, 0.717) is 28.8 Å². The molecule has 0 fully saturated rings. The highest BCUT2D eigenvalue weighted by Gasteiger charge is 2.13. The number of halogens is 2. The van der Waals surface area contributed by atoms with Crippen LogP contribution in [0.25, 0.3) is 22.8 Å². The molecule has 0 unspecified atom stereocenters. The van der Waals surface area contributed by atoms with Crippen LogP contribution in [0.2, 0.25) is 5.02 Å². The van der Waals surface area contributed by atoms with E-state index in [1.165, 1.54) is 12.1 Å². The normalized spacial score (nSPS) is 11.1. The minimum Gasteiger partial charge on any atom is -0.334 e. The van der Waals surface area contributed by atoms with Crippen molar-refractivity contribution in [1.82, 2.24) is 19.9 Å². The van der Waals surface area contributed by atoms with Gasteiger partial charge in [0.1, 0.15) is 5.82 Å². The second-order valence-electron chi connectivity index (χ2n) is 6.27. The van der Waals surface area contributed by atoms with E-state index >= 15 is 0 Å².